The summed E-state index contributed by atoms with van der Waals surface area (Å²) in [5.41, 5.74) is 3.17. The van der Waals surface area contributed by atoms with Gasteiger partial charge in [0, 0.05) is 6.04 Å². The van der Waals surface area contributed by atoms with Gasteiger partial charge in [-0.15, -0.1) is 0 Å². The lowest BCUT2D eigenvalue weighted by Crippen LogP contribution is -2.43. The number of nitrogens with one attached hydrogen (secondary N) is 1. The molecule has 11 heteroatoms. The van der Waals surface area contributed by atoms with Crippen molar-refractivity contribution in [3.8, 4) is 0 Å². The van der Waals surface area contributed by atoms with Crippen molar-refractivity contribution in [3.05, 3.63) is 70.5 Å². The fraction of sp³-hybridized carbons (Fsp3) is 0.480. The molecule has 2 fully saturated rings. The molecule has 4 atom stereocenters. The number of alkyl halides is 6. The highest BCUT2D eigenvalue weighted by molar-refractivity contribution is 5.88. The first-order chi connectivity index (χ1) is 16.6. The molecule has 2 aliphatic rings. The van der Waals surface area contributed by atoms with Gasteiger partial charge < -0.3 is 16.2 Å². The molecule has 1 aliphatic carbocycles. The van der Waals surface area contributed by atoms with Gasteiger partial charge in [0.25, 0.3) is 0 Å². The van der Waals surface area contributed by atoms with Crippen molar-refractivity contribution in [2.24, 2.45) is 11.7 Å². The second-order valence-corrected chi connectivity index (χ2v) is 9.53. The Kier molecular flexibility index (Phi) is 8.04. The van der Waals surface area contributed by atoms with Gasteiger partial charge in [-0.1, -0.05) is 18.6 Å². The topological polar surface area (TPSA) is 75.3 Å². The molecule has 2 aromatic carbocycles. The summed E-state index contributed by atoms with van der Waals surface area (Å²) in [5, 5.41) is 11.6. The Morgan fingerprint density at radius 2 is 1.56 bits per heavy atom. The Bertz CT molecular complexity index is 1030. The van der Waals surface area contributed by atoms with Crippen molar-refractivity contribution in [3.63, 3.8) is 0 Å². The van der Waals surface area contributed by atoms with Gasteiger partial charge in [0.05, 0.1) is 23.3 Å². The second-order valence-electron chi connectivity index (χ2n) is 9.53. The number of nitrogens with two attached hydrogens (primary N) is 1. The van der Waals surface area contributed by atoms with E-state index in [2.05, 4.69) is 5.32 Å². The minimum absolute atomic E-state index is 0.0131. The molecular weight excluding hydrogens is 493 g/mol. The molecular formula is C25H27F7N2O2. The average Bonchev–Trinajstić information content (AvgIpc) is 3.37. The molecule has 0 bridgehead atoms. The van der Waals surface area contributed by atoms with Gasteiger partial charge in [-0.3, -0.25) is 4.79 Å². The van der Waals surface area contributed by atoms with E-state index in [4.69, 9.17) is 10.8 Å². The van der Waals surface area contributed by atoms with Gasteiger partial charge >= 0.3 is 12.4 Å². The summed E-state index contributed by atoms with van der Waals surface area (Å²) in [4.78, 5) is 11.9. The largest absolute Gasteiger partial charge is 0.416 e. The fourth-order valence-electron chi connectivity index (χ4n) is 4.90. The van der Waals surface area contributed by atoms with Crippen LogP contribution in [0.4, 0.5) is 30.7 Å². The number of amides is 1. The van der Waals surface area contributed by atoms with Crippen LogP contribution in [0.2, 0.25) is 0 Å². The Balaban J connectivity index is 0.000000207. The molecule has 0 radical (unpaired) electrons. The quantitative estimate of drug-likeness (QED) is 0.466. The van der Waals surface area contributed by atoms with Crippen LogP contribution in [0.15, 0.2) is 42.5 Å². The number of hydrogen-bond donors (Lipinski definition) is 3. The van der Waals surface area contributed by atoms with Crippen molar-refractivity contribution in [1.29, 1.82) is 0 Å². The average molecular weight is 520 g/mol. The van der Waals surface area contributed by atoms with E-state index in [-0.39, 0.29) is 23.8 Å². The summed E-state index contributed by atoms with van der Waals surface area (Å²) in [7, 11) is 0. The van der Waals surface area contributed by atoms with Crippen LogP contribution in [0.1, 0.15) is 60.8 Å². The molecule has 1 heterocycles. The molecule has 4 N–H and O–H groups in total. The van der Waals surface area contributed by atoms with Gasteiger partial charge in [-0.05, 0) is 79.5 Å². The SMILES string of the molecule is C[C@@]1(N)C[C@H](C2CCCC2c2ccc(F)cc2)NC1=O.OCc1cc(C(F)(F)F)cc(C(F)(F)F)c1. The lowest BCUT2D eigenvalue weighted by Gasteiger charge is -2.26. The number of benzene rings is 2. The molecule has 1 aliphatic heterocycles. The van der Waals surface area contributed by atoms with Crippen LogP contribution in [0.25, 0.3) is 0 Å². The van der Waals surface area contributed by atoms with Gasteiger partial charge in [-0.2, -0.15) is 26.3 Å². The van der Waals surface area contributed by atoms with Gasteiger partial charge in [-0.25, -0.2) is 4.39 Å². The summed E-state index contributed by atoms with van der Waals surface area (Å²) in [5.74, 6) is 0.559. The van der Waals surface area contributed by atoms with E-state index in [9.17, 15) is 35.5 Å². The van der Waals surface area contributed by atoms with Crippen molar-refractivity contribution >= 4 is 5.91 Å². The highest BCUT2D eigenvalue weighted by Gasteiger charge is 2.46. The van der Waals surface area contributed by atoms with E-state index in [0.29, 0.717) is 30.4 Å². The third-order valence-electron chi connectivity index (χ3n) is 6.69. The summed E-state index contributed by atoms with van der Waals surface area (Å²) >= 11 is 0. The zero-order valence-corrected chi connectivity index (χ0v) is 19.4. The lowest BCUT2D eigenvalue weighted by atomic mass is 9.81. The summed E-state index contributed by atoms with van der Waals surface area (Å²) in [6, 6.07) is 7.91. The molecule has 1 saturated carbocycles. The molecule has 36 heavy (non-hydrogen) atoms. The first-order valence-corrected chi connectivity index (χ1v) is 11.4. The Morgan fingerprint density at radius 1 is 1.00 bits per heavy atom. The van der Waals surface area contributed by atoms with Crippen LogP contribution in [-0.2, 0) is 23.8 Å². The Hall–Kier alpha value is -2.66. The van der Waals surface area contributed by atoms with Gasteiger partial charge in [0.15, 0.2) is 0 Å². The predicted molar refractivity (Wildman–Crippen MR) is 118 cm³/mol. The number of aliphatic hydroxyl groups excluding tert-OH is 1. The van der Waals surface area contributed by atoms with E-state index in [1.165, 1.54) is 17.7 Å². The number of aliphatic hydroxyl groups is 1. The molecule has 1 amide bonds. The minimum Gasteiger partial charge on any atom is -0.392 e. The number of rotatable bonds is 3. The number of carbonyl (C=O) groups is 1. The second kappa shape index (κ2) is 10.4. The van der Waals surface area contributed by atoms with Crippen molar-refractivity contribution < 1.29 is 40.6 Å². The van der Waals surface area contributed by atoms with E-state index < -0.39 is 41.2 Å². The first kappa shape index (κ1) is 27.9. The van der Waals surface area contributed by atoms with Crippen LogP contribution < -0.4 is 11.1 Å². The van der Waals surface area contributed by atoms with Crippen molar-refractivity contribution in [2.45, 2.75) is 69.1 Å². The maximum Gasteiger partial charge on any atom is 0.416 e. The van der Waals surface area contributed by atoms with Crippen LogP contribution in [0.3, 0.4) is 0 Å². The van der Waals surface area contributed by atoms with E-state index in [0.717, 1.165) is 19.3 Å². The Morgan fingerprint density at radius 3 is 2.00 bits per heavy atom. The normalized spacial score (nSPS) is 26.4. The zero-order valence-electron chi connectivity index (χ0n) is 19.4. The standard InChI is InChI=1S/C16H21FN2O.C9H6F6O/c1-16(18)9-14(19-15(16)20)13-4-2-3-12(13)10-5-7-11(17)8-6-10;10-8(11,12)6-1-5(4-16)2-7(3-6)9(13,14)15/h5-8,12-14H,2-4,9,18H2,1H3,(H,19,20);1-3,16H,4H2/t12?,13?,14-,16-;/m1./s1. The van der Waals surface area contributed by atoms with E-state index in [1.54, 1.807) is 6.92 Å². The minimum atomic E-state index is -4.87. The van der Waals surface area contributed by atoms with E-state index in [1.807, 2.05) is 12.1 Å². The van der Waals surface area contributed by atoms with Crippen molar-refractivity contribution in [1.82, 2.24) is 5.32 Å². The van der Waals surface area contributed by atoms with Crippen LogP contribution in [0.5, 0.6) is 0 Å². The molecule has 0 spiro atoms. The van der Waals surface area contributed by atoms with Crippen LogP contribution in [-0.4, -0.2) is 22.6 Å². The summed E-state index contributed by atoms with van der Waals surface area (Å²) in [6.07, 6.45) is -5.70. The smallest absolute Gasteiger partial charge is 0.392 e. The molecule has 0 aromatic heterocycles. The molecule has 198 valence electrons. The summed E-state index contributed by atoms with van der Waals surface area (Å²) in [6.45, 7) is 0.914. The van der Waals surface area contributed by atoms with Crippen LogP contribution in [0, 0.1) is 11.7 Å². The number of hydrogen-bond acceptors (Lipinski definition) is 3. The maximum atomic E-state index is 13.1. The summed E-state index contributed by atoms with van der Waals surface area (Å²) < 4.78 is 86.4. The molecule has 4 nitrogen and oxygen atoms in total. The highest BCUT2D eigenvalue weighted by atomic mass is 19.4. The van der Waals surface area contributed by atoms with Gasteiger partial charge in [0.1, 0.15) is 5.82 Å². The first-order valence-electron chi connectivity index (χ1n) is 11.4. The maximum absolute atomic E-state index is 13.1. The highest BCUT2D eigenvalue weighted by Crippen LogP contribution is 2.44. The van der Waals surface area contributed by atoms with Crippen LogP contribution >= 0.6 is 0 Å². The zero-order chi connectivity index (χ0) is 26.9. The lowest BCUT2D eigenvalue weighted by molar-refractivity contribution is -0.143. The molecule has 1 saturated heterocycles. The molecule has 2 aromatic rings. The Labute approximate surface area is 203 Å². The van der Waals surface area contributed by atoms with Gasteiger partial charge in [0.2, 0.25) is 5.91 Å². The fourth-order valence-corrected chi connectivity index (χ4v) is 4.90. The molecule has 2 unspecified atom stereocenters. The van der Waals surface area contributed by atoms with E-state index >= 15 is 0 Å². The number of halogens is 7. The van der Waals surface area contributed by atoms with Crippen molar-refractivity contribution in [2.75, 3.05) is 0 Å². The molecule has 4 rings (SSSR count). The third-order valence-corrected chi connectivity index (χ3v) is 6.69. The third kappa shape index (κ3) is 6.56. The number of carbonyl (C=O) groups excluding carboxylic acids is 1. The monoisotopic (exact) mass is 520 g/mol. The predicted octanol–water partition coefficient (Wildman–Crippen LogP) is 5.53.